The molecular weight excluding hydrogens is 403 g/mol. The van der Waals surface area contributed by atoms with Gasteiger partial charge < -0.3 is 15.4 Å². The van der Waals surface area contributed by atoms with Crippen LogP contribution in [0.2, 0.25) is 0 Å². The molecule has 0 spiro atoms. The number of halogens is 3. The van der Waals surface area contributed by atoms with E-state index in [2.05, 4.69) is 15.6 Å². The molecule has 0 bridgehead atoms. The summed E-state index contributed by atoms with van der Waals surface area (Å²) < 4.78 is 31.6. The predicted molar refractivity (Wildman–Crippen MR) is 96.0 cm³/mol. The summed E-state index contributed by atoms with van der Waals surface area (Å²) >= 11 is 0. The van der Waals surface area contributed by atoms with E-state index in [0.29, 0.717) is 24.7 Å². The van der Waals surface area contributed by atoms with Crippen molar-refractivity contribution in [2.45, 2.75) is 25.8 Å². The average Bonchev–Trinajstić information content (AvgIpc) is 2.43. The maximum atomic E-state index is 13.7. The summed E-state index contributed by atoms with van der Waals surface area (Å²) in [6, 6.07) is 3.75. The lowest BCUT2D eigenvalue weighted by Gasteiger charge is -2.19. The molecular formula is C15H24F2IN3O. The third-order valence-electron chi connectivity index (χ3n) is 3.09. The average molecular weight is 427 g/mol. The molecule has 0 aliphatic heterocycles. The molecule has 126 valence electrons. The third-order valence-corrected chi connectivity index (χ3v) is 3.09. The maximum absolute atomic E-state index is 13.7. The Kier molecular flexibility index (Phi) is 10.2. The number of hydrogen-bond acceptors (Lipinski definition) is 2. The lowest BCUT2D eigenvalue weighted by atomic mass is 10.0. The van der Waals surface area contributed by atoms with Crippen LogP contribution in [0.25, 0.3) is 0 Å². The number of aliphatic imine (C=N–C) groups is 1. The smallest absolute Gasteiger partial charge is 0.191 e. The Balaban J connectivity index is 0.00000441. The van der Waals surface area contributed by atoms with Crippen LogP contribution in [0.5, 0.6) is 0 Å². The Morgan fingerprint density at radius 2 is 2.00 bits per heavy atom. The Labute approximate surface area is 147 Å². The molecule has 1 aromatic rings. The number of nitrogens with zero attached hydrogens (tertiary/aromatic N) is 1. The predicted octanol–water partition coefficient (Wildman–Crippen LogP) is 2.89. The number of nitrogens with one attached hydrogen (secondary N) is 2. The van der Waals surface area contributed by atoms with Crippen molar-refractivity contribution in [2.24, 2.45) is 4.99 Å². The van der Waals surface area contributed by atoms with Crippen LogP contribution in [-0.4, -0.2) is 39.3 Å². The van der Waals surface area contributed by atoms with Crippen molar-refractivity contribution in [3.8, 4) is 0 Å². The van der Waals surface area contributed by atoms with Crippen molar-refractivity contribution >= 4 is 29.9 Å². The van der Waals surface area contributed by atoms with E-state index in [1.54, 1.807) is 14.2 Å². The van der Waals surface area contributed by atoms with E-state index >= 15 is 0 Å². The molecule has 4 nitrogen and oxygen atoms in total. The van der Waals surface area contributed by atoms with Gasteiger partial charge in [-0.25, -0.2) is 8.78 Å². The van der Waals surface area contributed by atoms with Gasteiger partial charge in [0.2, 0.25) is 0 Å². The minimum atomic E-state index is -0.567. The van der Waals surface area contributed by atoms with E-state index in [1.165, 1.54) is 12.1 Å². The van der Waals surface area contributed by atoms with Crippen molar-refractivity contribution in [1.82, 2.24) is 10.6 Å². The highest BCUT2D eigenvalue weighted by Gasteiger charge is 2.13. The van der Waals surface area contributed by atoms with Gasteiger partial charge in [0.25, 0.3) is 0 Å². The van der Waals surface area contributed by atoms with Gasteiger partial charge in [-0.2, -0.15) is 0 Å². The molecule has 22 heavy (non-hydrogen) atoms. The SMILES string of the molecule is CN=C(NCC(C)c1ccc(F)cc1F)NC(C)COC.I. The molecule has 0 heterocycles. The van der Waals surface area contributed by atoms with Crippen LogP contribution >= 0.6 is 24.0 Å². The van der Waals surface area contributed by atoms with Crippen LogP contribution in [0.4, 0.5) is 8.78 Å². The molecule has 2 unspecified atom stereocenters. The van der Waals surface area contributed by atoms with Crippen molar-refractivity contribution in [3.63, 3.8) is 0 Å². The molecule has 2 atom stereocenters. The fourth-order valence-electron chi connectivity index (χ4n) is 1.98. The molecule has 0 amide bonds. The summed E-state index contributed by atoms with van der Waals surface area (Å²) in [7, 11) is 3.30. The fourth-order valence-corrected chi connectivity index (χ4v) is 1.98. The van der Waals surface area contributed by atoms with Gasteiger partial charge in [-0.05, 0) is 18.6 Å². The number of methoxy groups -OCH3 is 1. The first-order valence-corrected chi connectivity index (χ1v) is 6.89. The third kappa shape index (κ3) is 6.87. The van der Waals surface area contributed by atoms with Crippen molar-refractivity contribution in [3.05, 3.63) is 35.4 Å². The van der Waals surface area contributed by atoms with Crippen molar-refractivity contribution in [2.75, 3.05) is 27.3 Å². The summed E-state index contributed by atoms with van der Waals surface area (Å²) in [6.45, 7) is 4.89. The lowest BCUT2D eigenvalue weighted by molar-refractivity contribution is 0.179. The van der Waals surface area contributed by atoms with E-state index in [0.717, 1.165) is 6.07 Å². The largest absolute Gasteiger partial charge is 0.383 e. The summed E-state index contributed by atoms with van der Waals surface area (Å²) in [5.41, 5.74) is 0.476. The van der Waals surface area contributed by atoms with Crippen molar-refractivity contribution in [1.29, 1.82) is 0 Å². The lowest BCUT2D eigenvalue weighted by Crippen LogP contribution is -2.44. The first-order chi connectivity index (χ1) is 9.97. The minimum Gasteiger partial charge on any atom is -0.383 e. The maximum Gasteiger partial charge on any atom is 0.191 e. The zero-order chi connectivity index (χ0) is 15.8. The molecule has 0 aliphatic rings. The van der Waals surface area contributed by atoms with Crippen molar-refractivity contribution < 1.29 is 13.5 Å². The zero-order valence-corrected chi connectivity index (χ0v) is 15.7. The van der Waals surface area contributed by atoms with Gasteiger partial charge in [0.1, 0.15) is 11.6 Å². The van der Waals surface area contributed by atoms with Gasteiger partial charge >= 0.3 is 0 Å². The molecule has 2 N–H and O–H groups in total. The number of ether oxygens (including phenoxy) is 1. The first-order valence-electron chi connectivity index (χ1n) is 6.89. The van der Waals surface area contributed by atoms with E-state index in [-0.39, 0.29) is 35.9 Å². The van der Waals surface area contributed by atoms with Crippen LogP contribution in [0.3, 0.4) is 0 Å². The quantitative estimate of drug-likeness (QED) is 0.417. The number of rotatable bonds is 6. The first kappa shape index (κ1) is 21.0. The molecule has 0 aliphatic carbocycles. The van der Waals surface area contributed by atoms with Crippen LogP contribution in [0.15, 0.2) is 23.2 Å². The fraction of sp³-hybridized carbons (Fsp3) is 0.533. The van der Waals surface area contributed by atoms with Gasteiger partial charge in [0, 0.05) is 38.7 Å². The Hall–Kier alpha value is -0.960. The molecule has 0 fully saturated rings. The van der Waals surface area contributed by atoms with Gasteiger partial charge in [0.15, 0.2) is 5.96 Å². The highest BCUT2D eigenvalue weighted by molar-refractivity contribution is 14.0. The number of hydrogen-bond donors (Lipinski definition) is 2. The van der Waals surface area contributed by atoms with Crippen LogP contribution in [0.1, 0.15) is 25.3 Å². The topological polar surface area (TPSA) is 45.7 Å². The second kappa shape index (κ2) is 10.7. The number of benzene rings is 1. The number of guanidine groups is 1. The normalized spacial score (nSPS) is 14.0. The van der Waals surface area contributed by atoms with Gasteiger partial charge in [-0.1, -0.05) is 13.0 Å². The highest BCUT2D eigenvalue weighted by Crippen LogP contribution is 2.19. The van der Waals surface area contributed by atoms with E-state index in [1.807, 2.05) is 13.8 Å². The molecule has 0 saturated heterocycles. The van der Waals surface area contributed by atoms with Crippen LogP contribution in [0, 0.1) is 11.6 Å². The van der Waals surface area contributed by atoms with Gasteiger partial charge in [-0.3, -0.25) is 4.99 Å². The van der Waals surface area contributed by atoms with Crippen LogP contribution < -0.4 is 10.6 Å². The second-order valence-corrected chi connectivity index (χ2v) is 5.02. The molecule has 0 aromatic heterocycles. The van der Waals surface area contributed by atoms with Gasteiger partial charge in [-0.15, -0.1) is 24.0 Å². The molecule has 1 aromatic carbocycles. The summed E-state index contributed by atoms with van der Waals surface area (Å²) in [5, 5.41) is 6.28. The summed E-state index contributed by atoms with van der Waals surface area (Å²) in [5.74, 6) is -0.585. The summed E-state index contributed by atoms with van der Waals surface area (Å²) in [6.07, 6.45) is 0. The van der Waals surface area contributed by atoms with E-state index < -0.39 is 11.6 Å². The van der Waals surface area contributed by atoms with E-state index in [4.69, 9.17) is 4.74 Å². The standard InChI is InChI=1S/C15H23F2N3O.HI/c1-10(13-6-5-12(16)7-14(13)17)8-19-15(18-3)20-11(2)9-21-4;/h5-7,10-11H,8-9H2,1-4H3,(H2,18,19,20);1H. The Bertz CT molecular complexity index is 486. The molecule has 0 radical (unpaired) electrons. The summed E-state index contributed by atoms with van der Waals surface area (Å²) in [4.78, 5) is 4.10. The minimum absolute atomic E-state index is 0. The highest BCUT2D eigenvalue weighted by atomic mass is 127. The molecule has 0 saturated carbocycles. The van der Waals surface area contributed by atoms with Crippen LogP contribution in [-0.2, 0) is 4.74 Å². The monoisotopic (exact) mass is 427 g/mol. The molecule has 1 rings (SSSR count). The molecule has 7 heteroatoms. The Morgan fingerprint density at radius 3 is 2.55 bits per heavy atom. The zero-order valence-electron chi connectivity index (χ0n) is 13.3. The Morgan fingerprint density at radius 1 is 1.32 bits per heavy atom. The van der Waals surface area contributed by atoms with Gasteiger partial charge in [0.05, 0.1) is 6.61 Å². The second-order valence-electron chi connectivity index (χ2n) is 5.02. The van der Waals surface area contributed by atoms with E-state index in [9.17, 15) is 8.78 Å².